The second-order valence-electron chi connectivity index (χ2n) is 4.59. The molecular formula is C13H14F3NO3S. The topological polar surface area (TPSA) is 49.8 Å². The van der Waals surface area contributed by atoms with E-state index in [0.717, 1.165) is 11.3 Å². The lowest BCUT2D eigenvalue weighted by Crippen LogP contribution is -2.46. The molecule has 1 heterocycles. The minimum atomic E-state index is -4.71. The van der Waals surface area contributed by atoms with Crippen LogP contribution in [-0.2, 0) is 11.3 Å². The van der Waals surface area contributed by atoms with Gasteiger partial charge in [-0.3, -0.25) is 9.69 Å². The van der Waals surface area contributed by atoms with E-state index < -0.39 is 18.4 Å². The van der Waals surface area contributed by atoms with E-state index in [4.69, 9.17) is 5.11 Å². The summed E-state index contributed by atoms with van der Waals surface area (Å²) in [5, 5.41) is 9.16. The monoisotopic (exact) mass is 321 g/mol. The Kier molecular flexibility index (Phi) is 5.00. The van der Waals surface area contributed by atoms with E-state index >= 15 is 0 Å². The molecular weight excluding hydrogens is 307 g/mol. The third-order valence-corrected chi connectivity index (χ3v) is 4.09. The Balaban J connectivity index is 2.00. The number of carboxylic acids is 1. The first-order chi connectivity index (χ1) is 9.85. The number of hydrogen-bond donors (Lipinski definition) is 1. The Hall–Kier alpha value is -1.41. The third kappa shape index (κ3) is 4.82. The second kappa shape index (κ2) is 6.57. The van der Waals surface area contributed by atoms with Crippen LogP contribution in [0.3, 0.4) is 0 Å². The molecule has 1 unspecified atom stereocenters. The lowest BCUT2D eigenvalue weighted by atomic mass is 10.1. The van der Waals surface area contributed by atoms with Gasteiger partial charge in [-0.15, -0.1) is 13.2 Å². The fourth-order valence-electron chi connectivity index (χ4n) is 2.09. The number of hydrogen-bond acceptors (Lipinski definition) is 4. The van der Waals surface area contributed by atoms with Crippen molar-refractivity contribution in [2.75, 3.05) is 18.1 Å². The number of aliphatic carboxylic acids is 1. The molecule has 4 nitrogen and oxygen atoms in total. The van der Waals surface area contributed by atoms with E-state index in [1.807, 2.05) is 4.90 Å². The number of halogens is 3. The Morgan fingerprint density at radius 2 is 2.05 bits per heavy atom. The maximum absolute atomic E-state index is 12.1. The molecule has 1 aromatic carbocycles. The smallest absolute Gasteiger partial charge is 0.480 e. The fraction of sp³-hybridized carbons (Fsp3) is 0.462. The van der Waals surface area contributed by atoms with Crippen molar-refractivity contribution in [3.8, 4) is 5.75 Å². The summed E-state index contributed by atoms with van der Waals surface area (Å²) in [6.45, 7) is 1.03. The summed E-state index contributed by atoms with van der Waals surface area (Å²) < 4.78 is 40.0. The molecule has 0 saturated carbocycles. The zero-order valence-corrected chi connectivity index (χ0v) is 11.8. The molecule has 1 aromatic rings. The van der Waals surface area contributed by atoms with Crippen LogP contribution in [-0.4, -0.2) is 46.4 Å². The number of alkyl halides is 3. The standard InChI is InChI=1S/C13H14F3NO3S/c14-13(15,16)20-10-3-1-9(2-4-10)7-17-5-6-21-8-11(17)12(18)19/h1-4,11H,5-8H2,(H,18,19). The van der Waals surface area contributed by atoms with Crippen molar-refractivity contribution in [1.29, 1.82) is 0 Å². The van der Waals surface area contributed by atoms with Crippen molar-refractivity contribution in [2.24, 2.45) is 0 Å². The summed E-state index contributed by atoms with van der Waals surface area (Å²) in [6.07, 6.45) is -4.71. The molecule has 2 rings (SSSR count). The van der Waals surface area contributed by atoms with Gasteiger partial charge in [0.15, 0.2) is 0 Å². The number of thioether (sulfide) groups is 1. The third-order valence-electron chi connectivity index (χ3n) is 3.07. The van der Waals surface area contributed by atoms with E-state index in [1.54, 1.807) is 11.8 Å². The molecule has 21 heavy (non-hydrogen) atoms. The first-order valence-electron chi connectivity index (χ1n) is 6.24. The van der Waals surface area contributed by atoms with Crippen LogP contribution in [0.4, 0.5) is 13.2 Å². The molecule has 1 aliphatic rings. The van der Waals surface area contributed by atoms with E-state index in [-0.39, 0.29) is 5.75 Å². The quantitative estimate of drug-likeness (QED) is 0.924. The molecule has 1 atom stereocenters. The highest BCUT2D eigenvalue weighted by Crippen LogP contribution is 2.24. The van der Waals surface area contributed by atoms with E-state index in [9.17, 15) is 18.0 Å². The van der Waals surface area contributed by atoms with Crippen molar-refractivity contribution in [2.45, 2.75) is 18.9 Å². The number of benzene rings is 1. The predicted molar refractivity (Wildman–Crippen MR) is 72.3 cm³/mol. The predicted octanol–water partition coefficient (Wildman–Crippen LogP) is 2.59. The Morgan fingerprint density at radius 1 is 1.38 bits per heavy atom. The van der Waals surface area contributed by atoms with Gasteiger partial charge < -0.3 is 9.84 Å². The van der Waals surface area contributed by atoms with Gasteiger partial charge in [-0.25, -0.2) is 0 Å². The average Bonchev–Trinajstić information content (AvgIpc) is 2.40. The van der Waals surface area contributed by atoms with Gasteiger partial charge >= 0.3 is 12.3 Å². The van der Waals surface area contributed by atoms with Gasteiger partial charge in [0, 0.05) is 24.6 Å². The minimum absolute atomic E-state index is 0.282. The summed E-state index contributed by atoms with van der Waals surface area (Å²) in [5.41, 5.74) is 0.752. The van der Waals surface area contributed by atoms with Crippen LogP contribution in [0.5, 0.6) is 5.75 Å². The molecule has 0 amide bonds. The van der Waals surface area contributed by atoms with Crippen LogP contribution in [0, 0.1) is 0 Å². The zero-order valence-electron chi connectivity index (χ0n) is 11.0. The molecule has 116 valence electrons. The van der Waals surface area contributed by atoms with Crippen LogP contribution in [0.15, 0.2) is 24.3 Å². The molecule has 0 radical (unpaired) electrons. The Bertz CT molecular complexity index is 492. The van der Waals surface area contributed by atoms with Gasteiger partial charge in [0.2, 0.25) is 0 Å². The first-order valence-corrected chi connectivity index (χ1v) is 7.40. The van der Waals surface area contributed by atoms with Crippen LogP contribution >= 0.6 is 11.8 Å². The number of nitrogens with zero attached hydrogens (tertiary/aromatic N) is 1. The molecule has 1 fully saturated rings. The van der Waals surface area contributed by atoms with Crippen molar-refractivity contribution >= 4 is 17.7 Å². The normalized spacial score (nSPS) is 20.2. The molecule has 8 heteroatoms. The largest absolute Gasteiger partial charge is 0.573 e. The average molecular weight is 321 g/mol. The lowest BCUT2D eigenvalue weighted by Gasteiger charge is -2.32. The molecule has 1 saturated heterocycles. The first kappa shape index (κ1) is 16.0. The summed E-state index contributed by atoms with van der Waals surface area (Å²) in [5.74, 6) is 0.207. The molecule has 1 N–H and O–H groups in total. The highest BCUT2D eigenvalue weighted by molar-refractivity contribution is 7.99. The van der Waals surface area contributed by atoms with Crippen LogP contribution in [0.1, 0.15) is 5.56 Å². The highest BCUT2D eigenvalue weighted by atomic mass is 32.2. The molecule has 0 bridgehead atoms. The SMILES string of the molecule is O=C(O)C1CSCCN1Cc1ccc(OC(F)(F)F)cc1. The molecule has 0 aliphatic carbocycles. The highest BCUT2D eigenvalue weighted by Gasteiger charge is 2.31. The Labute approximate surface area is 123 Å². The number of ether oxygens (including phenoxy) is 1. The van der Waals surface area contributed by atoms with Crippen molar-refractivity contribution in [1.82, 2.24) is 4.90 Å². The summed E-state index contributed by atoms with van der Waals surface area (Å²) >= 11 is 1.59. The second-order valence-corrected chi connectivity index (χ2v) is 5.74. The number of rotatable bonds is 4. The van der Waals surface area contributed by atoms with Gasteiger partial charge in [-0.1, -0.05) is 12.1 Å². The van der Waals surface area contributed by atoms with Crippen molar-refractivity contribution < 1.29 is 27.8 Å². The summed E-state index contributed by atoms with van der Waals surface area (Å²) in [6, 6.07) is 4.94. The van der Waals surface area contributed by atoms with E-state index in [1.165, 1.54) is 24.3 Å². The van der Waals surface area contributed by atoms with Gasteiger partial charge in [0.05, 0.1) is 0 Å². The van der Waals surface area contributed by atoms with Crippen molar-refractivity contribution in [3.05, 3.63) is 29.8 Å². The number of carbonyl (C=O) groups is 1. The van der Waals surface area contributed by atoms with Gasteiger partial charge in [0.1, 0.15) is 11.8 Å². The summed E-state index contributed by atoms with van der Waals surface area (Å²) in [7, 11) is 0. The lowest BCUT2D eigenvalue weighted by molar-refractivity contribution is -0.274. The van der Waals surface area contributed by atoms with Gasteiger partial charge in [-0.05, 0) is 17.7 Å². The maximum atomic E-state index is 12.1. The zero-order chi connectivity index (χ0) is 15.5. The summed E-state index contributed by atoms with van der Waals surface area (Å²) in [4.78, 5) is 13.0. The number of carboxylic acid groups (broad SMARTS) is 1. The van der Waals surface area contributed by atoms with E-state index in [0.29, 0.717) is 18.8 Å². The van der Waals surface area contributed by atoms with E-state index in [2.05, 4.69) is 4.74 Å². The Morgan fingerprint density at radius 3 is 2.62 bits per heavy atom. The van der Waals surface area contributed by atoms with Crippen LogP contribution in [0.2, 0.25) is 0 Å². The fourth-order valence-corrected chi connectivity index (χ4v) is 3.19. The molecule has 0 spiro atoms. The molecule has 1 aliphatic heterocycles. The molecule has 0 aromatic heterocycles. The minimum Gasteiger partial charge on any atom is -0.480 e. The van der Waals surface area contributed by atoms with Crippen LogP contribution in [0.25, 0.3) is 0 Å². The maximum Gasteiger partial charge on any atom is 0.573 e. The van der Waals surface area contributed by atoms with Gasteiger partial charge in [-0.2, -0.15) is 11.8 Å². The van der Waals surface area contributed by atoms with Gasteiger partial charge in [0.25, 0.3) is 0 Å². The van der Waals surface area contributed by atoms with Crippen molar-refractivity contribution in [3.63, 3.8) is 0 Å². The van der Waals surface area contributed by atoms with Crippen LogP contribution < -0.4 is 4.74 Å².